The van der Waals surface area contributed by atoms with Gasteiger partial charge in [0.2, 0.25) is 0 Å². The summed E-state index contributed by atoms with van der Waals surface area (Å²) >= 11 is 0. The van der Waals surface area contributed by atoms with Crippen LogP contribution in [0.25, 0.3) is 0 Å². The van der Waals surface area contributed by atoms with Crippen LogP contribution >= 0.6 is 7.82 Å². The topological polar surface area (TPSA) is 134 Å². The van der Waals surface area contributed by atoms with Gasteiger partial charge in [0.1, 0.15) is 6.61 Å². The predicted molar refractivity (Wildman–Crippen MR) is 413 cm³/mol. The lowest BCUT2D eigenvalue weighted by molar-refractivity contribution is -0.161. The Morgan fingerprint density at radius 1 is 0.326 bits per heavy atom. The Balaban J connectivity index is 3.81. The second-order valence-corrected chi connectivity index (χ2v) is 28.0. The van der Waals surface area contributed by atoms with Crippen LogP contribution in [0.3, 0.4) is 0 Å². The van der Waals surface area contributed by atoms with Crippen molar-refractivity contribution in [3.05, 3.63) is 122 Å². The Labute approximate surface area is 587 Å². The van der Waals surface area contributed by atoms with Gasteiger partial charge < -0.3 is 20.1 Å². The zero-order chi connectivity index (χ0) is 68.6. The summed E-state index contributed by atoms with van der Waals surface area (Å²) in [6.45, 7) is 3.66. The van der Waals surface area contributed by atoms with Crippen LogP contribution in [0.15, 0.2) is 122 Å². The maximum atomic E-state index is 12.8. The largest absolute Gasteiger partial charge is 0.472 e. The molecule has 0 amide bonds. The van der Waals surface area contributed by atoms with Gasteiger partial charge in [-0.3, -0.25) is 18.6 Å². The standard InChI is InChI=1S/C85H150NO8P/c1-3-5-7-9-11-13-15-17-19-21-23-25-27-29-31-33-35-37-39-40-41-42-44-45-47-49-51-53-55-57-59-61-63-65-67-69-71-73-75-77-84(87)91-81-83(82-93-95(89,90)92-80-79-86)94-85(88)78-76-74-72-70-68-66-64-62-60-58-56-54-52-50-48-46-43-38-36-34-32-30-28-26-24-22-20-18-16-14-12-10-8-6-4-2/h6,8,12,14-15,17-18,20-21,23-24,26-27,29-30,32,36,38,46,48,83H,3-5,7,9-11,13,16,19,22,25,28,31,33-35,37,39-45,47,49-82,86H2,1-2H3,(H,89,90)/b8-6-,14-12-,17-15-,20-18-,23-21-,26-24-,29-27-,32-30-,38-36-,48-46-. The maximum absolute atomic E-state index is 12.8. The van der Waals surface area contributed by atoms with Crippen molar-refractivity contribution in [3.8, 4) is 0 Å². The van der Waals surface area contributed by atoms with Gasteiger partial charge in [0, 0.05) is 19.4 Å². The first-order valence-electron chi connectivity index (χ1n) is 40.0. The molecule has 3 N–H and O–H groups in total. The Morgan fingerprint density at radius 3 is 0.863 bits per heavy atom. The van der Waals surface area contributed by atoms with E-state index in [-0.39, 0.29) is 38.6 Å². The molecular formula is C85H150NO8P. The van der Waals surface area contributed by atoms with Gasteiger partial charge in [-0.2, -0.15) is 0 Å². The summed E-state index contributed by atoms with van der Waals surface area (Å²) in [5.74, 6) is -0.817. The zero-order valence-electron chi connectivity index (χ0n) is 61.9. The van der Waals surface area contributed by atoms with Gasteiger partial charge in [-0.25, -0.2) is 4.57 Å². The van der Waals surface area contributed by atoms with Gasteiger partial charge in [0.25, 0.3) is 0 Å². The van der Waals surface area contributed by atoms with Crippen molar-refractivity contribution in [1.29, 1.82) is 0 Å². The quantitative estimate of drug-likeness (QED) is 0.0264. The van der Waals surface area contributed by atoms with E-state index in [9.17, 15) is 19.0 Å². The van der Waals surface area contributed by atoms with E-state index in [0.29, 0.717) is 6.42 Å². The Morgan fingerprint density at radius 2 is 0.579 bits per heavy atom. The molecule has 0 aliphatic carbocycles. The molecule has 2 unspecified atom stereocenters. The van der Waals surface area contributed by atoms with E-state index in [1.54, 1.807) is 0 Å². The number of hydrogen-bond donors (Lipinski definition) is 2. The number of unbranched alkanes of at least 4 members (excludes halogenated alkanes) is 42. The van der Waals surface area contributed by atoms with Crippen LogP contribution < -0.4 is 5.73 Å². The van der Waals surface area contributed by atoms with Gasteiger partial charge in [-0.1, -0.05) is 373 Å². The number of carbonyl (C=O) groups excluding carboxylic acids is 2. The molecule has 0 aromatic carbocycles. The van der Waals surface area contributed by atoms with Crippen molar-refractivity contribution in [2.45, 2.75) is 380 Å². The Hall–Kier alpha value is -3.59. The van der Waals surface area contributed by atoms with E-state index in [0.717, 1.165) is 96.3 Å². The molecule has 2 atom stereocenters. The van der Waals surface area contributed by atoms with E-state index in [1.807, 2.05) is 0 Å². The molecule has 0 aliphatic rings. The first kappa shape index (κ1) is 91.4. The van der Waals surface area contributed by atoms with Crippen molar-refractivity contribution < 1.29 is 37.6 Å². The molecule has 0 aromatic heterocycles. The van der Waals surface area contributed by atoms with Crippen LogP contribution in [-0.4, -0.2) is 49.3 Å². The summed E-state index contributed by atoms with van der Waals surface area (Å²) in [5, 5.41) is 0. The number of rotatable bonds is 75. The average molecular weight is 1350 g/mol. The number of allylic oxidation sites excluding steroid dienone is 20. The molecule has 0 radical (unpaired) electrons. The number of nitrogens with two attached hydrogens (primary N) is 1. The summed E-state index contributed by atoms with van der Waals surface area (Å²) in [6, 6.07) is 0. The van der Waals surface area contributed by atoms with Crippen molar-refractivity contribution in [2.24, 2.45) is 5.73 Å². The molecular weight excluding hydrogens is 1190 g/mol. The van der Waals surface area contributed by atoms with E-state index in [2.05, 4.69) is 135 Å². The molecule has 0 fully saturated rings. The number of phosphoric acid groups is 1. The summed E-state index contributed by atoms with van der Waals surface area (Å²) in [6.07, 6.45) is 112. The van der Waals surface area contributed by atoms with Crippen LogP contribution in [0, 0.1) is 0 Å². The summed E-state index contributed by atoms with van der Waals surface area (Å²) < 4.78 is 33.3. The fraction of sp³-hybridized carbons (Fsp3) is 0.741. The summed E-state index contributed by atoms with van der Waals surface area (Å²) in [5.41, 5.74) is 5.42. The molecule has 10 heteroatoms. The first-order chi connectivity index (χ1) is 46.8. The van der Waals surface area contributed by atoms with Crippen LogP contribution in [-0.2, 0) is 32.7 Å². The normalized spacial score (nSPS) is 13.5. The molecule has 0 heterocycles. The molecule has 95 heavy (non-hydrogen) atoms. The second-order valence-electron chi connectivity index (χ2n) is 26.6. The van der Waals surface area contributed by atoms with Gasteiger partial charge in [0.05, 0.1) is 13.2 Å². The number of phosphoric ester groups is 1. The van der Waals surface area contributed by atoms with Crippen LogP contribution in [0.4, 0.5) is 0 Å². The van der Waals surface area contributed by atoms with Crippen molar-refractivity contribution >= 4 is 19.8 Å². The smallest absolute Gasteiger partial charge is 0.462 e. The Kier molecular flexibility index (Phi) is 76.4. The second kappa shape index (κ2) is 79.4. The third kappa shape index (κ3) is 79.3. The zero-order valence-corrected chi connectivity index (χ0v) is 62.8. The summed E-state index contributed by atoms with van der Waals surface area (Å²) in [7, 11) is -4.40. The predicted octanol–water partition coefficient (Wildman–Crippen LogP) is 27.0. The molecule has 0 aliphatic heterocycles. The number of ether oxygens (including phenoxy) is 2. The van der Waals surface area contributed by atoms with Gasteiger partial charge >= 0.3 is 19.8 Å². The molecule has 0 saturated carbocycles. The van der Waals surface area contributed by atoms with Crippen LogP contribution in [0.5, 0.6) is 0 Å². The van der Waals surface area contributed by atoms with E-state index < -0.39 is 26.5 Å². The SMILES string of the molecule is CC/C=C\C/C=C\C/C=C\C/C=C\C/C=C\C/C=C\C/C=C\CCCCCCCCCCCCCCCC(=O)OC(COC(=O)CCCCCCCCCCCCCCCCCCCCCCCCCC/C=C\C/C=C\C/C=C\CCCCCCC)COP(=O)(O)OCCN. The lowest BCUT2D eigenvalue weighted by Gasteiger charge is -2.19. The minimum Gasteiger partial charge on any atom is -0.462 e. The number of carbonyl (C=O) groups is 2. The fourth-order valence-corrected chi connectivity index (χ4v) is 12.2. The van der Waals surface area contributed by atoms with Gasteiger partial charge in [0.15, 0.2) is 6.10 Å². The summed E-state index contributed by atoms with van der Waals surface area (Å²) in [4.78, 5) is 35.5. The van der Waals surface area contributed by atoms with Crippen LogP contribution in [0.1, 0.15) is 373 Å². The third-order valence-electron chi connectivity index (χ3n) is 17.3. The molecule has 548 valence electrons. The highest BCUT2D eigenvalue weighted by molar-refractivity contribution is 7.47. The number of hydrogen-bond acceptors (Lipinski definition) is 8. The third-order valence-corrected chi connectivity index (χ3v) is 18.3. The molecule has 0 rings (SSSR count). The molecule has 9 nitrogen and oxygen atoms in total. The van der Waals surface area contributed by atoms with E-state index >= 15 is 0 Å². The Bertz CT molecular complexity index is 1980. The van der Waals surface area contributed by atoms with E-state index in [4.69, 9.17) is 24.3 Å². The molecule has 0 saturated heterocycles. The highest BCUT2D eigenvalue weighted by Gasteiger charge is 2.26. The van der Waals surface area contributed by atoms with Gasteiger partial charge in [-0.05, 0) is 109 Å². The first-order valence-corrected chi connectivity index (χ1v) is 41.5. The minimum absolute atomic E-state index is 0.0507. The fourth-order valence-electron chi connectivity index (χ4n) is 11.5. The van der Waals surface area contributed by atoms with Crippen LogP contribution in [0.2, 0.25) is 0 Å². The lowest BCUT2D eigenvalue weighted by atomic mass is 10.0. The van der Waals surface area contributed by atoms with Gasteiger partial charge in [-0.15, -0.1) is 0 Å². The molecule has 0 aromatic rings. The number of esters is 2. The molecule has 0 bridgehead atoms. The van der Waals surface area contributed by atoms with Crippen molar-refractivity contribution in [3.63, 3.8) is 0 Å². The van der Waals surface area contributed by atoms with Crippen molar-refractivity contribution in [2.75, 3.05) is 26.4 Å². The van der Waals surface area contributed by atoms with E-state index in [1.165, 1.54) is 244 Å². The maximum Gasteiger partial charge on any atom is 0.472 e. The average Bonchev–Trinajstić information content (AvgIpc) is 3.32. The van der Waals surface area contributed by atoms with Crippen molar-refractivity contribution in [1.82, 2.24) is 0 Å². The lowest BCUT2D eigenvalue weighted by Crippen LogP contribution is -2.29. The highest BCUT2D eigenvalue weighted by atomic mass is 31.2. The monoisotopic (exact) mass is 1340 g/mol. The molecule has 0 spiro atoms. The highest BCUT2D eigenvalue weighted by Crippen LogP contribution is 2.43. The minimum atomic E-state index is -4.40.